The Kier molecular flexibility index (Phi) is 56.7. The van der Waals surface area contributed by atoms with Crippen LogP contribution < -0.4 is 9.80 Å². The van der Waals surface area contributed by atoms with Crippen LogP contribution in [0, 0.1) is 0 Å². The summed E-state index contributed by atoms with van der Waals surface area (Å²) in [4.78, 5) is 4.53. The van der Waals surface area contributed by atoms with Crippen LogP contribution in [0.1, 0.15) is 125 Å². The second-order valence-corrected chi connectivity index (χ2v) is 7.83. The maximum absolute atomic E-state index is 2.39. The summed E-state index contributed by atoms with van der Waals surface area (Å²) >= 11 is 0. The van der Waals surface area contributed by atoms with Crippen LogP contribution in [0.25, 0.3) is 22.3 Å². The van der Waals surface area contributed by atoms with Crippen molar-refractivity contribution in [1.29, 1.82) is 0 Å². The fourth-order valence-electron chi connectivity index (χ4n) is 3.90. The second-order valence-electron chi connectivity index (χ2n) is 7.83. The highest BCUT2D eigenvalue weighted by molar-refractivity contribution is 5.79. The number of para-hydroxylation sites is 2. The highest BCUT2D eigenvalue weighted by atomic mass is 15.1. The highest BCUT2D eigenvalue weighted by Gasteiger charge is 2.08. The van der Waals surface area contributed by atoms with Gasteiger partial charge in [0.25, 0.3) is 0 Å². The molecular formula is C46H82N2. The molecule has 0 aliphatic heterocycles. The van der Waals surface area contributed by atoms with Crippen LogP contribution in [-0.2, 0) is 0 Å². The Morgan fingerprint density at radius 3 is 0.875 bits per heavy atom. The van der Waals surface area contributed by atoms with E-state index in [1.165, 1.54) is 33.6 Å². The first-order valence-corrected chi connectivity index (χ1v) is 19.4. The van der Waals surface area contributed by atoms with E-state index in [2.05, 4.69) is 141 Å². The Morgan fingerprint density at radius 2 is 0.583 bits per heavy atom. The van der Waals surface area contributed by atoms with Crippen molar-refractivity contribution in [3.05, 3.63) is 109 Å². The van der Waals surface area contributed by atoms with Crippen molar-refractivity contribution in [2.75, 3.05) is 37.0 Å². The Hall–Kier alpha value is -3.52. The maximum Gasteiger partial charge on any atom is 0.0445 e. The molecule has 0 amide bonds. The van der Waals surface area contributed by atoms with Gasteiger partial charge in [-0.3, -0.25) is 0 Å². The summed E-state index contributed by atoms with van der Waals surface area (Å²) in [5.74, 6) is 0. The fourth-order valence-corrected chi connectivity index (χ4v) is 3.90. The Labute approximate surface area is 303 Å². The molecule has 0 aliphatic carbocycles. The minimum Gasteiger partial charge on any atom is -0.377 e. The third kappa shape index (κ3) is 24.6. The molecule has 2 nitrogen and oxygen atoms in total. The summed E-state index contributed by atoms with van der Waals surface area (Å²) in [7, 11) is 4.14. The van der Waals surface area contributed by atoms with Gasteiger partial charge in [-0.2, -0.15) is 0 Å². The third-order valence-electron chi connectivity index (χ3n) is 5.56. The van der Waals surface area contributed by atoms with Gasteiger partial charge in [0.15, 0.2) is 0 Å². The molecule has 0 N–H and O–H groups in total. The second kappa shape index (κ2) is 47.9. The number of anilines is 2. The van der Waals surface area contributed by atoms with Crippen molar-refractivity contribution in [2.24, 2.45) is 0 Å². The zero-order valence-electron chi connectivity index (χ0n) is 35.7. The molecule has 4 aromatic rings. The molecule has 0 saturated heterocycles. The van der Waals surface area contributed by atoms with Gasteiger partial charge in [0.1, 0.15) is 0 Å². The number of hydrogen-bond donors (Lipinski definition) is 0. The standard InChI is InChI=1S/C16H19N.C14H15N.8C2H6/c1-3-17(4-2)16-13-9-8-12-15(16)14-10-6-5-7-11-14;1-15(2)14-11-7-6-10-13(14)12-8-4-3-5-9-12;8*1-2/h5-13H,3-4H2,1-2H3;3-11H,1-2H3;8*1-2H3. The van der Waals surface area contributed by atoms with E-state index in [1.807, 2.05) is 117 Å². The lowest BCUT2D eigenvalue weighted by molar-refractivity contribution is 0.867. The molecule has 0 heterocycles. The van der Waals surface area contributed by atoms with Crippen molar-refractivity contribution in [1.82, 2.24) is 0 Å². The quantitative estimate of drug-likeness (QED) is 0.203. The van der Waals surface area contributed by atoms with Crippen LogP contribution in [0.2, 0.25) is 0 Å². The fraction of sp³-hybridized carbons (Fsp3) is 0.478. The van der Waals surface area contributed by atoms with Crippen LogP contribution in [-0.4, -0.2) is 27.2 Å². The summed E-state index contributed by atoms with van der Waals surface area (Å²) in [6.07, 6.45) is 0. The number of nitrogens with zero attached hydrogens (tertiary/aromatic N) is 2. The average molecular weight is 663 g/mol. The van der Waals surface area contributed by atoms with E-state index in [0.29, 0.717) is 0 Å². The summed E-state index contributed by atoms with van der Waals surface area (Å²) in [6.45, 7) is 38.5. The summed E-state index contributed by atoms with van der Waals surface area (Å²) in [5.41, 5.74) is 7.73. The SMILES string of the molecule is CC.CC.CC.CC.CC.CC.CC.CC.CCN(CC)c1ccccc1-c1ccccc1.CN(C)c1ccccc1-c1ccccc1. The number of rotatable bonds is 6. The topological polar surface area (TPSA) is 6.48 Å². The Morgan fingerprint density at radius 1 is 0.333 bits per heavy atom. The lowest BCUT2D eigenvalue weighted by Crippen LogP contribution is -2.22. The monoisotopic (exact) mass is 663 g/mol. The van der Waals surface area contributed by atoms with Gasteiger partial charge in [0.05, 0.1) is 0 Å². The molecule has 0 aliphatic rings. The number of benzene rings is 4. The van der Waals surface area contributed by atoms with Gasteiger partial charge in [0, 0.05) is 49.7 Å². The first-order valence-electron chi connectivity index (χ1n) is 19.4. The zero-order chi connectivity index (χ0) is 38.8. The van der Waals surface area contributed by atoms with Gasteiger partial charge in [0.2, 0.25) is 0 Å². The molecule has 0 radical (unpaired) electrons. The molecular weight excluding hydrogens is 581 g/mol. The van der Waals surface area contributed by atoms with Gasteiger partial charge in [-0.05, 0) is 37.1 Å². The summed E-state index contributed by atoms with van der Waals surface area (Å²) < 4.78 is 0. The molecule has 48 heavy (non-hydrogen) atoms. The smallest absolute Gasteiger partial charge is 0.0445 e. The van der Waals surface area contributed by atoms with Gasteiger partial charge < -0.3 is 9.80 Å². The Balaban J connectivity index is -0.000000130. The van der Waals surface area contributed by atoms with Crippen LogP contribution in [0.15, 0.2) is 109 Å². The normalized spacial score (nSPS) is 7.75. The zero-order valence-corrected chi connectivity index (χ0v) is 35.7. The van der Waals surface area contributed by atoms with Crippen molar-refractivity contribution in [2.45, 2.75) is 125 Å². The molecule has 4 aromatic carbocycles. The largest absolute Gasteiger partial charge is 0.377 e. The number of hydrogen-bond acceptors (Lipinski definition) is 2. The maximum atomic E-state index is 2.39. The minimum absolute atomic E-state index is 1.04. The molecule has 0 spiro atoms. The molecule has 0 saturated carbocycles. The molecule has 0 atom stereocenters. The minimum atomic E-state index is 1.04. The van der Waals surface area contributed by atoms with Crippen LogP contribution in [0.5, 0.6) is 0 Å². The van der Waals surface area contributed by atoms with Crippen molar-refractivity contribution < 1.29 is 0 Å². The van der Waals surface area contributed by atoms with Crippen LogP contribution in [0.3, 0.4) is 0 Å². The molecule has 0 unspecified atom stereocenters. The van der Waals surface area contributed by atoms with Crippen molar-refractivity contribution in [3.63, 3.8) is 0 Å². The summed E-state index contributed by atoms with van der Waals surface area (Å²) in [5, 5.41) is 0. The molecule has 0 aromatic heterocycles. The molecule has 4 rings (SSSR count). The molecule has 0 bridgehead atoms. The van der Waals surface area contributed by atoms with E-state index >= 15 is 0 Å². The molecule has 276 valence electrons. The lowest BCUT2D eigenvalue weighted by atomic mass is 10.0. The van der Waals surface area contributed by atoms with E-state index < -0.39 is 0 Å². The van der Waals surface area contributed by atoms with Gasteiger partial charge in [-0.15, -0.1) is 0 Å². The first-order chi connectivity index (χ1) is 23.7. The highest BCUT2D eigenvalue weighted by Crippen LogP contribution is 2.30. The van der Waals surface area contributed by atoms with Crippen molar-refractivity contribution in [3.8, 4) is 22.3 Å². The van der Waals surface area contributed by atoms with Crippen LogP contribution in [0.4, 0.5) is 11.4 Å². The van der Waals surface area contributed by atoms with E-state index in [4.69, 9.17) is 0 Å². The van der Waals surface area contributed by atoms with E-state index in [0.717, 1.165) is 13.1 Å². The van der Waals surface area contributed by atoms with E-state index in [1.54, 1.807) is 0 Å². The third-order valence-corrected chi connectivity index (χ3v) is 5.56. The van der Waals surface area contributed by atoms with Gasteiger partial charge in [-0.25, -0.2) is 0 Å². The van der Waals surface area contributed by atoms with Gasteiger partial charge >= 0.3 is 0 Å². The summed E-state index contributed by atoms with van der Waals surface area (Å²) in [6, 6.07) is 38.1. The molecule has 2 heteroatoms. The molecule has 0 fully saturated rings. The predicted molar refractivity (Wildman–Crippen MR) is 232 cm³/mol. The van der Waals surface area contributed by atoms with E-state index in [9.17, 15) is 0 Å². The van der Waals surface area contributed by atoms with Crippen molar-refractivity contribution >= 4 is 11.4 Å². The predicted octanol–water partition coefficient (Wildman–Crippen LogP) is 15.8. The Bertz CT molecular complexity index is 1070. The van der Waals surface area contributed by atoms with Gasteiger partial charge in [-0.1, -0.05) is 208 Å². The first kappa shape index (κ1) is 56.8. The average Bonchev–Trinajstić information content (AvgIpc) is 3.22. The van der Waals surface area contributed by atoms with Crippen LogP contribution >= 0.6 is 0 Å². The van der Waals surface area contributed by atoms with E-state index in [-0.39, 0.29) is 0 Å². The lowest BCUT2D eigenvalue weighted by Gasteiger charge is -2.24.